The Morgan fingerprint density at radius 3 is 2.71 bits per heavy atom. The van der Waals surface area contributed by atoms with Crippen LogP contribution in [0.3, 0.4) is 0 Å². The fraction of sp³-hybridized carbons (Fsp3) is 0.167. The van der Waals surface area contributed by atoms with Gasteiger partial charge in [-0.05, 0) is 31.0 Å². The highest BCUT2D eigenvalue weighted by molar-refractivity contribution is 5.51. The molecule has 0 amide bonds. The number of hydrogen-bond acceptors (Lipinski definition) is 4. The number of nitrogens with zero attached hydrogens (tertiary/aromatic N) is 2. The second-order valence-corrected chi connectivity index (χ2v) is 3.81. The van der Waals surface area contributed by atoms with Crippen molar-refractivity contribution in [1.29, 1.82) is 0 Å². The number of rotatable bonds is 2. The van der Waals surface area contributed by atoms with Crippen LogP contribution >= 0.6 is 0 Å². The fourth-order valence-electron chi connectivity index (χ4n) is 1.35. The Morgan fingerprint density at radius 2 is 2.00 bits per heavy atom. The molecule has 2 rings (SSSR count). The normalized spacial score (nSPS) is 10.3. The third-order valence-corrected chi connectivity index (χ3v) is 2.30. The molecule has 0 saturated carbocycles. The van der Waals surface area contributed by atoms with Crippen LogP contribution in [0.25, 0.3) is 0 Å². The van der Waals surface area contributed by atoms with Crippen molar-refractivity contribution in [1.82, 2.24) is 10.2 Å². The lowest BCUT2D eigenvalue weighted by Crippen LogP contribution is -1.96. The standard InChI is InChI=1S/C12H12FN3O/c1-7-3-12(16-15-6-7)17-11-4-8(2)10(14)5-9(11)13/h3-6H,14H2,1-2H3. The Kier molecular flexibility index (Phi) is 2.91. The first-order valence-corrected chi connectivity index (χ1v) is 5.09. The summed E-state index contributed by atoms with van der Waals surface area (Å²) < 4.78 is 18.9. The molecule has 0 aliphatic rings. The summed E-state index contributed by atoms with van der Waals surface area (Å²) in [5, 5.41) is 7.49. The third-order valence-electron chi connectivity index (χ3n) is 2.30. The van der Waals surface area contributed by atoms with E-state index in [2.05, 4.69) is 10.2 Å². The Bertz CT molecular complexity index is 557. The minimum Gasteiger partial charge on any atom is -0.434 e. The predicted molar refractivity (Wildman–Crippen MR) is 62.4 cm³/mol. The number of halogens is 1. The smallest absolute Gasteiger partial charge is 0.239 e. The molecule has 88 valence electrons. The second-order valence-electron chi connectivity index (χ2n) is 3.81. The van der Waals surface area contributed by atoms with E-state index < -0.39 is 5.82 Å². The molecule has 0 saturated heterocycles. The van der Waals surface area contributed by atoms with Gasteiger partial charge in [0.25, 0.3) is 0 Å². The number of nitrogens with two attached hydrogens (primary N) is 1. The molecule has 5 heteroatoms. The zero-order valence-corrected chi connectivity index (χ0v) is 9.57. The molecule has 2 aromatic rings. The van der Waals surface area contributed by atoms with E-state index in [0.29, 0.717) is 5.69 Å². The SMILES string of the molecule is Cc1cnnc(Oc2cc(C)c(N)cc2F)c1. The van der Waals surface area contributed by atoms with Gasteiger partial charge in [0.15, 0.2) is 11.6 Å². The molecule has 0 radical (unpaired) electrons. The van der Waals surface area contributed by atoms with Crippen LogP contribution in [-0.4, -0.2) is 10.2 Å². The summed E-state index contributed by atoms with van der Waals surface area (Å²) in [5.41, 5.74) is 7.62. The summed E-state index contributed by atoms with van der Waals surface area (Å²) in [4.78, 5) is 0. The lowest BCUT2D eigenvalue weighted by molar-refractivity contribution is 0.421. The Hall–Kier alpha value is -2.17. The molecule has 4 nitrogen and oxygen atoms in total. The Balaban J connectivity index is 2.33. The number of nitrogen functional groups attached to an aromatic ring is 1. The van der Waals surface area contributed by atoms with Crippen LogP contribution in [0.1, 0.15) is 11.1 Å². The van der Waals surface area contributed by atoms with Crippen molar-refractivity contribution in [2.45, 2.75) is 13.8 Å². The lowest BCUT2D eigenvalue weighted by atomic mass is 10.2. The molecule has 1 heterocycles. The first-order valence-electron chi connectivity index (χ1n) is 5.09. The fourth-order valence-corrected chi connectivity index (χ4v) is 1.35. The second kappa shape index (κ2) is 4.37. The van der Waals surface area contributed by atoms with Gasteiger partial charge in [-0.15, -0.1) is 5.10 Å². The number of aryl methyl sites for hydroxylation is 2. The van der Waals surface area contributed by atoms with Crippen molar-refractivity contribution in [2.24, 2.45) is 0 Å². The van der Waals surface area contributed by atoms with Gasteiger partial charge in [-0.1, -0.05) is 0 Å². The van der Waals surface area contributed by atoms with E-state index in [4.69, 9.17) is 10.5 Å². The van der Waals surface area contributed by atoms with Gasteiger partial charge in [0.2, 0.25) is 5.88 Å². The minimum absolute atomic E-state index is 0.0941. The molecular formula is C12H12FN3O. The largest absolute Gasteiger partial charge is 0.434 e. The summed E-state index contributed by atoms with van der Waals surface area (Å²) in [5.74, 6) is -0.166. The van der Waals surface area contributed by atoms with Crippen molar-refractivity contribution in [2.75, 3.05) is 5.73 Å². The van der Waals surface area contributed by atoms with Crippen molar-refractivity contribution in [3.63, 3.8) is 0 Å². The van der Waals surface area contributed by atoms with E-state index in [1.807, 2.05) is 6.92 Å². The van der Waals surface area contributed by atoms with E-state index >= 15 is 0 Å². The van der Waals surface area contributed by atoms with Gasteiger partial charge in [-0.3, -0.25) is 0 Å². The van der Waals surface area contributed by atoms with E-state index in [1.54, 1.807) is 19.2 Å². The highest BCUT2D eigenvalue weighted by Crippen LogP contribution is 2.27. The average Bonchev–Trinajstić information content (AvgIpc) is 2.26. The first kappa shape index (κ1) is 11.3. The molecule has 0 spiro atoms. The van der Waals surface area contributed by atoms with Crippen LogP contribution in [-0.2, 0) is 0 Å². The van der Waals surface area contributed by atoms with Crippen LogP contribution in [0.5, 0.6) is 11.6 Å². The van der Waals surface area contributed by atoms with Crippen molar-refractivity contribution < 1.29 is 9.13 Å². The number of anilines is 1. The minimum atomic E-state index is -0.517. The zero-order valence-electron chi connectivity index (χ0n) is 9.57. The van der Waals surface area contributed by atoms with Crippen LogP contribution < -0.4 is 10.5 Å². The average molecular weight is 233 g/mol. The molecule has 0 aliphatic heterocycles. The summed E-state index contributed by atoms with van der Waals surface area (Å²) in [6.45, 7) is 3.63. The summed E-state index contributed by atoms with van der Waals surface area (Å²) in [6.07, 6.45) is 1.59. The molecule has 1 aromatic heterocycles. The molecular weight excluding hydrogens is 221 g/mol. The zero-order chi connectivity index (χ0) is 12.4. The maximum Gasteiger partial charge on any atom is 0.239 e. The summed E-state index contributed by atoms with van der Waals surface area (Å²) in [7, 11) is 0. The molecule has 0 fully saturated rings. The van der Waals surface area contributed by atoms with Crippen LogP contribution in [0.4, 0.5) is 10.1 Å². The molecule has 17 heavy (non-hydrogen) atoms. The first-order chi connectivity index (χ1) is 8.06. The van der Waals surface area contributed by atoms with E-state index in [0.717, 1.165) is 11.1 Å². The van der Waals surface area contributed by atoms with Crippen molar-refractivity contribution in [3.8, 4) is 11.6 Å². The molecule has 0 aliphatic carbocycles. The lowest BCUT2D eigenvalue weighted by Gasteiger charge is -2.08. The van der Waals surface area contributed by atoms with Gasteiger partial charge in [0.05, 0.1) is 6.20 Å². The van der Waals surface area contributed by atoms with Crippen LogP contribution in [0, 0.1) is 19.7 Å². The molecule has 0 unspecified atom stereocenters. The molecule has 0 atom stereocenters. The van der Waals surface area contributed by atoms with Crippen LogP contribution in [0.2, 0.25) is 0 Å². The number of ether oxygens (including phenoxy) is 1. The van der Waals surface area contributed by atoms with E-state index in [-0.39, 0.29) is 11.6 Å². The Labute approximate surface area is 98.2 Å². The van der Waals surface area contributed by atoms with Gasteiger partial charge >= 0.3 is 0 Å². The molecule has 1 aromatic carbocycles. The summed E-state index contributed by atoms with van der Waals surface area (Å²) >= 11 is 0. The highest BCUT2D eigenvalue weighted by atomic mass is 19.1. The molecule has 2 N–H and O–H groups in total. The maximum absolute atomic E-state index is 13.6. The van der Waals surface area contributed by atoms with Crippen molar-refractivity contribution in [3.05, 3.63) is 41.3 Å². The monoisotopic (exact) mass is 233 g/mol. The quantitative estimate of drug-likeness (QED) is 0.810. The van der Waals surface area contributed by atoms with Crippen molar-refractivity contribution >= 4 is 5.69 Å². The topological polar surface area (TPSA) is 61.0 Å². The summed E-state index contributed by atoms with van der Waals surface area (Å²) in [6, 6.07) is 4.45. The van der Waals surface area contributed by atoms with Gasteiger partial charge in [-0.2, -0.15) is 5.10 Å². The van der Waals surface area contributed by atoms with E-state index in [1.165, 1.54) is 12.1 Å². The van der Waals surface area contributed by atoms with E-state index in [9.17, 15) is 4.39 Å². The predicted octanol–water partition coefficient (Wildman–Crippen LogP) is 2.61. The molecule has 0 bridgehead atoms. The number of hydrogen-bond donors (Lipinski definition) is 1. The Morgan fingerprint density at radius 1 is 1.24 bits per heavy atom. The third kappa shape index (κ3) is 2.50. The highest BCUT2D eigenvalue weighted by Gasteiger charge is 2.08. The van der Waals surface area contributed by atoms with Gasteiger partial charge in [0.1, 0.15) is 0 Å². The van der Waals surface area contributed by atoms with Gasteiger partial charge in [-0.25, -0.2) is 4.39 Å². The van der Waals surface area contributed by atoms with Gasteiger partial charge < -0.3 is 10.5 Å². The van der Waals surface area contributed by atoms with Gasteiger partial charge in [0, 0.05) is 17.8 Å². The van der Waals surface area contributed by atoms with Crippen LogP contribution in [0.15, 0.2) is 24.4 Å². The number of aromatic nitrogens is 2. The number of benzene rings is 1. The maximum atomic E-state index is 13.6.